The molecule has 1 aromatic heterocycles. The molecule has 0 bridgehead atoms. The molecule has 0 N–H and O–H groups in total. The Morgan fingerprint density at radius 3 is 3.00 bits per heavy atom. The molecule has 3 rings (SSSR count). The molecule has 0 amide bonds. The van der Waals surface area contributed by atoms with E-state index >= 15 is 0 Å². The SMILES string of the molecule is Cc1ccc2c(c1)CCCN2c1cnccc1C#N. The summed E-state index contributed by atoms with van der Waals surface area (Å²) in [4.78, 5) is 6.38. The number of fused-ring (bicyclic) bond motifs is 1. The minimum atomic E-state index is 0.684. The van der Waals surface area contributed by atoms with Crippen LogP contribution < -0.4 is 4.90 Å². The van der Waals surface area contributed by atoms with E-state index < -0.39 is 0 Å². The predicted octanol–water partition coefficient (Wildman–Crippen LogP) is 3.35. The number of aromatic nitrogens is 1. The molecule has 0 aliphatic carbocycles. The molecule has 0 saturated heterocycles. The van der Waals surface area contributed by atoms with Crippen molar-refractivity contribution >= 4 is 11.4 Å². The number of nitrogens with zero attached hydrogens (tertiary/aromatic N) is 3. The first-order chi connectivity index (χ1) is 9.29. The molecule has 0 spiro atoms. The van der Waals surface area contributed by atoms with Crippen LogP contribution in [-0.4, -0.2) is 11.5 Å². The van der Waals surface area contributed by atoms with E-state index in [0.717, 1.165) is 25.1 Å². The van der Waals surface area contributed by atoms with Crippen molar-refractivity contribution in [2.45, 2.75) is 19.8 Å². The number of hydrogen-bond acceptors (Lipinski definition) is 3. The fourth-order valence-electron chi connectivity index (χ4n) is 2.67. The second-order valence-electron chi connectivity index (χ2n) is 4.89. The van der Waals surface area contributed by atoms with Gasteiger partial charge in [0.25, 0.3) is 0 Å². The van der Waals surface area contributed by atoms with Gasteiger partial charge in [-0.05, 0) is 37.5 Å². The quantitative estimate of drug-likeness (QED) is 0.778. The van der Waals surface area contributed by atoms with Crippen molar-refractivity contribution in [3.8, 4) is 6.07 Å². The van der Waals surface area contributed by atoms with Gasteiger partial charge >= 0.3 is 0 Å². The maximum atomic E-state index is 9.24. The lowest BCUT2D eigenvalue weighted by molar-refractivity contribution is 0.764. The molecule has 1 aliphatic heterocycles. The highest BCUT2D eigenvalue weighted by atomic mass is 15.1. The number of nitriles is 1. The molecule has 0 saturated carbocycles. The van der Waals surface area contributed by atoms with Gasteiger partial charge in [0.15, 0.2) is 0 Å². The molecule has 19 heavy (non-hydrogen) atoms. The molecular formula is C16H15N3. The fraction of sp³-hybridized carbons (Fsp3) is 0.250. The van der Waals surface area contributed by atoms with Gasteiger partial charge in [0.2, 0.25) is 0 Å². The Labute approximate surface area is 113 Å². The molecule has 2 heterocycles. The summed E-state index contributed by atoms with van der Waals surface area (Å²) in [7, 11) is 0. The molecule has 94 valence electrons. The first kappa shape index (κ1) is 11.7. The third-order valence-corrected chi connectivity index (χ3v) is 3.56. The van der Waals surface area contributed by atoms with Crippen LogP contribution in [0, 0.1) is 18.3 Å². The summed E-state index contributed by atoms with van der Waals surface area (Å²) in [5.74, 6) is 0. The number of hydrogen-bond donors (Lipinski definition) is 0. The van der Waals surface area contributed by atoms with Gasteiger partial charge in [0, 0.05) is 18.4 Å². The van der Waals surface area contributed by atoms with Crippen molar-refractivity contribution < 1.29 is 0 Å². The highest BCUT2D eigenvalue weighted by molar-refractivity contribution is 5.71. The van der Waals surface area contributed by atoms with Crippen LogP contribution in [0.5, 0.6) is 0 Å². The summed E-state index contributed by atoms with van der Waals surface area (Å²) in [6.07, 6.45) is 5.67. The Balaban J connectivity index is 2.12. The van der Waals surface area contributed by atoms with Crippen LogP contribution in [-0.2, 0) is 6.42 Å². The van der Waals surface area contributed by atoms with Gasteiger partial charge in [0.1, 0.15) is 6.07 Å². The smallest absolute Gasteiger partial charge is 0.101 e. The van der Waals surface area contributed by atoms with E-state index in [-0.39, 0.29) is 0 Å². The number of rotatable bonds is 1. The summed E-state index contributed by atoms with van der Waals surface area (Å²) in [6.45, 7) is 3.06. The zero-order valence-electron chi connectivity index (χ0n) is 10.9. The van der Waals surface area contributed by atoms with Crippen molar-refractivity contribution in [1.82, 2.24) is 4.98 Å². The monoisotopic (exact) mass is 249 g/mol. The number of pyridine rings is 1. The largest absolute Gasteiger partial charge is 0.339 e. The van der Waals surface area contributed by atoms with E-state index in [1.807, 2.05) is 0 Å². The van der Waals surface area contributed by atoms with Crippen molar-refractivity contribution in [2.75, 3.05) is 11.4 Å². The maximum absolute atomic E-state index is 9.24. The lowest BCUT2D eigenvalue weighted by Gasteiger charge is -2.31. The van der Waals surface area contributed by atoms with E-state index in [2.05, 4.69) is 41.1 Å². The second-order valence-corrected chi connectivity index (χ2v) is 4.89. The van der Waals surface area contributed by atoms with Gasteiger partial charge in [-0.1, -0.05) is 17.7 Å². The molecule has 0 fully saturated rings. The zero-order valence-corrected chi connectivity index (χ0v) is 10.9. The van der Waals surface area contributed by atoms with Crippen LogP contribution in [0.4, 0.5) is 11.4 Å². The second kappa shape index (κ2) is 4.74. The van der Waals surface area contributed by atoms with Crippen LogP contribution in [0.1, 0.15) is 23.1 Å². The van der Waals surface area contributed by atoms with E-state index in [9.17, 15) is 5.26 Å². The Bertz CT molecular complexity index is 655. The fourth-order valence-corrected chi connectivity index (χ4v) is 2.67. The molecule has 0 radical (unpaired) electrons. The molecule has 0 atom stereocenters. The molecule has 1 aliphatic rings. The summed E-state index contributed by atoms with van der Waals surface area (Å²) in [5, 5.41) is 9.24. The van der Waals surface area contributed by atoms with Crippen LogP contribution in [0.2, 0.25) is 0 Å². The van der Waals surface area contributed by atoms with Gasteiger partial charge in [0.05, 0.1) is 17.4 Å². The third kappa shape index (κ3) is 2.06. The lowest BCUT2D eigenvalue weighted by Crippen LogP contribution is -2.25. The molecule has 3 heteroatoms. The number of benzene rings is 1. The first-order valence-corrected chi connectivity index (χ1v) is 6.51. The Hall–Kier alpha value is -2.34. The summed E-state index contributed by atoms with van der Waals surface area (Å²) in [6, 6.07) is 10.5. The molecule has 1 aromatic carbocycles. The Kier molecular flexibility index (Phi) is 2.92. The zero-order chi connectivity index (χ0) is 13.2. The van der Waals surface area contributed by atoms with E-state index in [4.69, 9.17) is 0 Å². The number of anilines is 2. The van der Waals surface area contributed by atoms with Crippen molar-refractivity contribution in [3.63, 3.8) is 0 Å². The molecular weight excluding hydrogens is 234 g/mol. The first-order valence-electron chi connectivity index (χ1n) is 6.51. The van der Waals surface area contributed by atoms with Crippen molar-refractivity contribution in [2.24, 2.45) is 0 Å². The summed E-state index contributed by atoms with van der Waals surface area (Å²) < 4.78 is 0. The minimum absolute atomic E-state index is 0.684. The van der Waals surface area contributed by atoms with Gasteiger partial charge in [-0.25, -0.2) is 0 Å². The van der Waals surface area contributed by atoms with Crippen molar-refractivity contribution in [3.05, 3.63) is 53.3 Å². The molecule has 3 nitrogen and oxygen atoms in total. The summed E-state index contributed by atoms with van der Waals surface area (Å²) >= 11 is 0. The third-order valence-electron chi connectivity index (χ3n) is 3.56. The maximum Gasteiger partial charge on any atom is 0.101 e. The Morgan fingerprint density at radius 1 is 1.26 bits per heavy atom. The highest BCUT2D eigenvalue weighted by Gasteiger charge is 2.20. The van der Waals surface area contributed by atoms with Gasteiger partial charge in [-0.3, -0.25) is 4.98 Å². The predicted molar refractivity (Wildman–Crippen MR) is 75.5 cm³/mol. The lowest BCUT2D eigenvalue weighted by atomic mass is 9.98. The van der Waals surface area contributed by atoms with E-state index in [1.54, 1.807) is 18.5 Å². The normalized spacial score (nSPS) is 13.8. The number of aryl methyl sites for hydroxylation is 2. The minimum Gasteiger partial charge on any atom is -0.339 e. The molecule has 2 aromatic rings. The van der Waals surface area contributed by atoms with Gasteiger partial charge < -0.3 is 4.90 Å². The van der Waals surface area contributed by atoms with Gasteiger partial charge in [-0.15, -0.1) is 0 Å². The van der Waals surface area contributed by atoms with Crippen LogP contribution >= 0.6 is 0 Å². The molecule has 0 unspecified atom stereocenters. The standard InChI is InChI=1S/C16H15N3/c1-12-4-5-15-13(9-12)3-2-8-19(15)16-11-18-7-6-14(16)10-17/h4-7,9,11H,2-3,8H2,1H3. The highest BCUT2D eigenvalue weighted by Crippen LogP contribution is 2.35. The average Bonchev–Trinajstić information content (AvgIpc) is 2.46. The van der Waals surface area contributed by atoms with Crippen molar-refractivity contribution in [1.29, 1.82) is 5.26 Å². The van der Waals surface area contributed by atoms with Crippen LogP contribution in [0.3, 0.4) is 0 Å². The van der Waals surface area contributed by atoms with Gasteiger partial charge in [-0.2, -0.15) is 5.26 Å². The van der Waals surface area contributed by atoms with E-state index in [0.29, 0.717) is 5.56 Å². The topological polar surface area (TPSA) is 39.9 Å². The van der Waals surface area contributed by atoms with E-state index in [1.165, 1.54) is 16.8 Å². The van der Waals surface area contributed by atoms with Crippen LogP contribution in [0.25, 0.3) is 0 Å². The average molecular weight is 249 g/mol. The Morgan fingerprint density at radius 2 is 2.16 bits per heavy atom. The van der Waals surface area contributed by atoms with Crippen LogP contribution in [0.15, 0.2) is 36.7 Å². The summed E-state index contributed by atoms with van der Waals surface area (Å²) in [5.41, 5.74) is 5.45.